The molecule has 0 fully saturated rings. The predicted molar refractivity (Wildman–Crippen MR) is 65.0 cm³/mol. The molecule has 1 aromatic heterocycles. The summed E-state index contributed by atoms with van der Waals surface area (Å²) >= 11 is 4.45. The minimum atomic E-state index is -4.36. The molecular weight excluding hydrogens is 315 g/mol. The van der Waals surface area contributed by atoms with E-state index in [1.807, 2.05) is 0 Å². The summed E-state index contributed by atoms with van der Waals surface area (Å²) in [6.07, 6.45) is -4.36. The lowest BCUT2D eigenvalue weighted by Gasteiger charge is -2.10. The number of nitrogens with zero attached hydrogens (tertiary/aromatic N) is 1. The fourth-order valence-corrected chi connectivity index (χ4v) is 2.79. The van der Waals surface area contributed by atoms with Crippen molar-refractivity contribution in [3.8, 4) is 10.6 Å². The van der Waals surface area contributed by atoms with Crippen LogP contribution in [0.4, 0.5) is 13.2 Å². The van der Waals surface area contributed by atoms with Gasteiger partial charge in [0.2, 0.25) is 0 Å². The Morgan fingerprint density at radius 3 is 2.41 bits per heavy atom. The Bertz CT molecular complexity index is 528. The summed E-state index contributed by atoms with van der Waals surface area (Å²) in [6.45, 7) is 1.81. The molecule has 1 aromatic carbocycles. The van der Waals surface area contributed by atoms with Crippen LogP contribution in [-0.4, -0.2) is 4.98 Å². The Hall–Kier alpha value is -0.880. The predicted octanol–water partition coefficient (Wildman–Crippen LogP) is 4.90. The molecule has 1 heterocycles. The summed E-state index contributed by atoms with van der Waals surface area (Å²) in [5.74, 6) is 0. The van der Waals surface area contributed by atoms with Crippen LogP contribution >= 0.6 is 27.3 Å². The molecule has 17 heavy (non-hydrogen) atoms. The van der Waals surface area contributed by atoms with Crippen molar-refractivity contribution < 1.29 is 13.2 Å². The molecule has 0 spiro atoms. The van der Waals surface area contributed by atoms with E-state index in [1.54, 1.807) is 13.0 Å². The van der Waals surface area contributed by atoms with Crippen LogP contribution in [0.3, 0.4) is 0 Å². The van der Waals surface area contributed by atoms with Gasteiger partial charge in [0.15, 0.2) is 0 Å². The van der Waals surface area contributed by atoms with Crippen molar-refractivity contribution in [1.29, 1.82) is 0 Å². The maximum absolute atomic E-state index is 12.8. The number of benzene rings is 1. The number of alkyl halides is 3. The Morgan fingerprint density at radius 1 is 1.24 bits per heavy atom. The highest BCUT2D eigenvalue weighted by molar-refractivity contribution is 9.10. The molecule has 0 aliphatic rings. The lowest BCUT2D eigenvalue weighted by atomic mass is 10.1. The summed E-state index contributed by atoms with van der Waals surface area (Å²) in [5.41, 5.74) is -0.528. The molecule has 0 radical (unpaired) electrons. The second kappa shape index (κ2) is 4.42. The highest BCUT2D eigenvalue weighted by Crippen LogP contribution is 2.39. The molecule has 0 amide bonds. The second-order valence-electron chi connectivity index (χ2n) is 3.41. The zero-order valence-corrected chi connectivity index (χ0v) is 11.1. The third-order valence-corrected chi connectivity index (χ3v) is 4.24. The van der Waals surface area contributed by atoms with E-state index in [2.05, 4.69) is 20.9 Å². The molecule has 90 valence electrons. The fourth-order valence-electron chi connectivity index (χ4n) is 1.41. The summed E-state index contributed by atoms with van der Waals surface area (Å²) in [7, 11) is 0. The Labute approximate surface area is 108 Å². The third-order valence-electron chi connectivity index (χ3n) is 2.20. The zero-order chi connectivity index (χ0) is 12.6. The lowest BCUT2D eigenvalue weighted by Crippen LogP contribution is -2.06. The number of hydrogen-bond acceptors (Lipinski definition) is 2. The van der Waals surface area contributed by atoms with Gasteiger partial charge in [0, 0.05) is 10.4 Å². The molecule has 2 aromatic rings. The van der Waals surface area contributed by atoms with Crippen molar-refractivity contribution in [2.75, 3.05) is 0 Å². The second-order valence-corrected chi connectivity index (χ2v) is 5.36. The van der Waals surface area contributed by atoms with Gasteiger partial charge in [0.25, 0.3) is 0 Å². The van der Waals surface area contributed by atoms with Gasteiger partial charge in [-0.3, -0.25) is 0 Å². The molecule has 0 aliphatic heterocycles. The van der Waals surface area contributed by atoms with Crippen LogP contribution in [0.15, 0.2) is 28.9 Å². The number of rotatable bonds is 1. The summed E-state index contributed by atoms with van der Waals surface area (Å²) in [5, 5.41) is 0.377. The van der Waals surface area contributed by atoms with Crippen LogP contribution in [0.1, 0.15) is 10.4 Å². The number of halogens is 4. The largest absolute Gasteiger partial charge is 0.417 e. The minimum absolute atomic E-state index is 0.124. The van der Waals surface area contributed by atoms with Crippen molar-refractivity contribution in [3.63, 3.8) is 0 Å². The van der Waals surface area contributed by atoms with Gasteiger partial charge in [-0.1, -0.05) is 18.2 Å². The average Bonchev–Trinajstić information content (AvgIpc) is 2.58. The molecule has 0 aliphatic carbocycles. The SMILES string of the molecule is Cc1sc(-c2ccccc2C(F)(F)F)nc1Br. The van der Waals surface area contributed by atoms with E-state index in [0.29, 0.717) is 9.61 Å². The molecule has 0 atom stereocenters. The quantitative estimate of drug-likeness (QED) is 0.728. The topological polar surface area (TPSA) is 12.9 Å². The van der Waals surface area contributed by atoms with Crippen molar-refractivity contribution in [2.45, 2.75) is 13.1 Å². The fraction of sp³-hybridized carbons (Fsp3) is 0.182. The first-order valence-corrected chi connectivity index (χ1v) is 6.30. The molecule has 0 unspecified atom stereocenters. The first-order valence-electron chi connectivity index (χ1n) is 4.69. The van der Waals surface area contributed by atoms with Crippen LogP contribution in [0.25, 0.3) is 10.6 Å². The van der Waals surface area contributed by atoms with E-state index in [4.69, 9.17) is 0 Å². The van der Waals surface area contributed by atoms with Gasteiger partial charge in [-0.15, -0.1) is 11.3 Å². The molecule has 0 bridgehead atoms. The first kappa shape index (κ1) is 12.6. The number of aryl methyl sites for hydroxylation is 1. The van der Waals surface area contributed by atoms with Gasteiger partial charge >= 0.3 is 6.18 Å². The van der Waals surface area contributed by atoms with E-state index >= 15 is 0 Å². The first-order chi connectivity index (χ1) is 7.89. The Kier molecular flexibility index (Phi) is 3.27. The molecule has 0 N–H and O–H groups in total. The number of aromatic nitrogens is 1. The Morgan fingerprint density at radius 2 is 1.88 bits per heavy atom. The molecule has 1 nitrogen and oxygen atoms in total. The molecule has 6 heteroatoms. The van der Waals surface area contributed by atoms with Crippen LogP contribution in [0.2, 0.25) is 0 Å². The van der Waals surface area contributed by atoms with Crippen LogP contribution in [0, 0.1) is 6.92 Å². The smallest absolute Gasteiger partial charge is 0.229 e. The molecule has 0 saturated carbocycles. The van der Waals surface area contributed by atoms with Crippen molar-refractivity contribution in [2.24, 2.45) is 0 Å². The van der Waals surface area contributed by atoms with Gasteiger partial charge in [-0.2, -0.15) is 13.2 Å². The van der Waals surface area contributed by atoms with Crippen LogP contribution in [0.5, 0.6) is 0 Å². The van der Waals surface area contributed by atoms with Gasteiger partial charge in [-0.25, -0.2) is 4.98 Å². The van der Waals surface area contributed by atoms with E-state index < -0.39 is 11.7 Å². The average molecular weight is 322 g/mol. The molecular formula is C11H7BrF3NS. The van der Waals surface area contributed by atoms with E-state index in [0.717, 1.165) is 10.9 Å². The minimum Gasteiger partial charge on any atom is -0.229 e. The zero-order valence-electron chi connectivity index (χ0n) is 8.68. The Balaban J connectivity index is 2.60. The van der Waals surface area contributed by atoms with Gasteiger partial charge in [0.05, 0.1) is 5.56 Å². The normalized spacial score (nSPS) is 11.8. The van der Waals surface area contributed by atoms with E-state index in [1.165, 1.54) is 23.5 Å². The third kappa shape index (κ3) is 2.52. The summed E-state index contributed by atoms with van der Waals surface area (Å²) < 4.78 is 39.0. The van der Waals surface area contributed by atoms with Crippen LogP contribution in [-0.2, 0) is 6.18 Å². The lowest BCUT2D eigenvalue weighted by molar-refractivity contribution is -0.137. The highest BCUT2D eigenvalue weighted by Gasteiger charge is 2.34. The monoisotopic (exact) mass is 321 g/mol. The van der Waals surface area contributed by atoms with E-state index in [-0.39, 0.29) is 5.56 Å². The summed E-state index contributed by atoms with van der Waals surface area (Å²) in [4.78, 5) is 4.95. The van der Waals surface area contributed by atoms with Crippen molar-refractivity contribution in [1.82, 2.24) is 4.98 Å². The van der Waals surface area contributed by atoms with Gasteiger partial charge in [0.1, 0.15) is 9.61 Å². The maximum Gasteiger partial charge on any atom is 0.417 e. The molecule has 2 rings (SSSR count). The highest BCUT2D eigenvalue weighted by atomic mass is 79.9. The number of hydrogen-bond donors (Lipinski definition) is 0. The molecule has 0 saturated heterocycles. The standard InChI is InChI=1S/C11H7BrF3NS/c1-6-9(12)16-10(17-6)7-4-2-3-5-8(7)11(13,14)15/h2-5H,1H3. The van der Waals surface area contributed by atoms with Crippen molar-refractivity contribution in [3.05, 3.63) is 39.3 Å². The van der Waals surface area contributed by atoms with Gasteiger partial charge in [-0.05, 0) is 28.9 Å². The maximum atomic E-state index is 12.8. The summed E-state index contributed by atoms with van der Waals surface area (Å²) in [6, 6.07) is 5.46. The van der Waals surface area contributed by atoms with Crippen LogP contribution < -0.4 is 0 Å². The van der Waals surface area contributed by atoms with E-state index in [9.17, 15) is 13.2 Å². The van der Waals surface area contributed by atoms with Gasteiger partial charge < -0.3 is 0 Å². The van der Waals surface area contributed by atoms with Crippen molar-refractivity contribution >= 4 is 27.3 Å². The number of thiazole rings is 1.